The van der Waals surface area contributed by atoms with Gasteiger partial charge in [-0.05, 0) is 38.8 Å². The first kappa shape index (κ1) is 22.4. The maximum absolute atomic E-state index is 13.0. The zero-order valence-electron chi connectivity index (χ0n) is 17.4. The Balaban J connectivity index is 2.21. The Labute approximate surface area is 171 Å². The molecule has 2 rings (SSSR count). The number of ether oxygens (including phenoxy) is 2. The van der Waals surface area contributed by atoms with Gasteiger partial charge in [-0.1, -0.05) is 30.3 Å². The average Bonchev–Trinajstić information content (AvgIpc) is 2.97. The molecule has 1 heterocycles. The van der Waals surface area contributed by atoms with Crippen LogP contribution < -0.4 is 0 Å². The molecule has 2 aromatic rings. The number of aromatic amines is 1. The number of carbonyl (C=O) groups excluding carboxylic acids is 3. The van der Waals surface area contributed by atoms with Gasteiger partial charge in [0.25, 0.3) is 0 Å². The lowest BCUT2D eigenvalue weighted by atomic mass is 10.1. The summed E-state index contributed by atoms with van der Waals surface area (Å²) in [4.78, 5) is 41.9. The van der Waals surface area contributed by atoms with Crippen LogP contribution in [0.25, 0.3) is 0 Å². The minimum absolute atomic E-state index is 0.00204. The molecule has 0 aliphatic rings. The van der Waals surface area contributed by atoms with Gasteiger partial charge in [-0.3, -0.25) is 14.5 Å². The lowest BCUT2D eigenvalue weighted by molar-refractivity contribution is -0.144. The number of H-pyrrole nitrogens is 1. The Morgan fingerprint density at radius 2 is 1.62 bits per heavy atom. The number of rotatable bonds is 10. The largest absolute Gasteiger partial charge is 0.465 e. The van der Waals surface area contributed by atoms with Gasteiger partial charge in [0, 0.05) is 12.2 Å². The van der Waals surface area contributed by atoms with Gasteiger partial charge < -0.3 is 14.5 Å². The van der Waals surface area contributed by atoms with E-state index in [1.54, 1.807) is 32.6 Å². The fourth-order valence-electron chi connectivity index (χ4n) is 3.22. The normalized spacial score (nSPS) is 10.8. The molecule has 0 aliphatic heterocycles. The monoisotopic (exact) mass is 400 g/mol. The Bertz CT molecular complexity index is 858. The highest BCUT2D eigenvalue weighted by Gasteiger charge is 2.24. The van der Waals surface area contributed by atoms with Gasteiger partial charge in [-0.25, -0.2) is 4.79 Å². The molecule has 1 aromatic heterocycles. The molecule has 0 spiro atoms. The fraction of sp³-hybridized carbons (Fsp3) is 0.409. The van der Waals surface area contributed by atoms with E-state index in [4.69, 9.17) is 9.47 Å². The Kier molecular flexibility index (Phi) is 8.15. The van der Waals surface area contributed by atoms with Crippen LogP contribution in [-0.4, -0.2) is 53.9 Å². The van der Waals surface area contributed by atoms with Crippen molar-refractivity contribution < 1.29 is 23.9 Å². The van der Waals surface area contributed by atoms with Crippen LogP contribution >= 0.6 is 0 Å². The molecule has 1 N–H and O–H groups in total. The molecule has 156 valence electrons. The van der Waals surface area contributed by atoms with Crippen molar-refractivity contribution in [1.82, 2.24) is 9.88 Å². The van der Waals surface area contributed by atoms with E-state index < -0.39 is 5.97 Å². The topological polar surface area (TPSA) is 88.7 Å². The first-order valence-corrected chi connectivity index (χ1v) is 9.68. The predicted molar refractivity (Wildman–Crippen MR) is 109 cm³/mol. The van der Waals surface area contributed by atoms with E-state index >= 15 is 0 Å². The van der Waals surface area contributed by atoms with Crippen LogP contribution in [0.4, 0.5) is 0 Å². The van der Waals surface area contributed by atoms with Crippen molar-refractivity contribution in [3.8, 4) is 0 Å². The Morgan fingerprint density at radius 3 is 2.24 bits per heavy atom. The first-order chi connectivity index (χ1) is 13.9. The van der Waals surface area contributed by atoms with Gasteiger partial charge in [0.05, 0.1) is 37.6 Å². The third-order valence-corrected chi connectivity index (χ3v) is 4.47. The molecule has 0 fully saturated rings. The molecule has 1 aromatic carbocycles. The second-order valence-electron chi connectivity index (χ2n) is 6.70. The van der Waals surface area contributed by atoms with Crippen molar-refractivity contribution in [3.63, 3.8) is 0 Å². The molecule has 0 amide bonds. The number of nitrogens with one attached hydrogen (secondary N) is 1. The Hall–Kier alpha value is -2.93. The number of benzene rings is 1. The first-order valence-electron chi connectivity index (χ1n) is 9.68. The lowest BCUT2D eigenvalue weighted by Crippen LogP contribution is -2.35. The molecular weight excluding hydrogens is 372 g/mol. The highest BCUT2D eigenvalue weighted by molar-refractivity contribution is 6.02. The van der Waals surface area contributed by atoms with Gasteiger partial charge in [-0.2, -0.15) is 0 Å². The molecule has 0 unspecified atom stereocenters. The summed E-state index contributed by atoms with van der Waals surface area (Å²) >= 11 is 0. The van der Waals surface area contributed by atoms with Crippen LogP contribution in [-0.2, 0) is 20.8 Å². The van der Waals surface area contributed by atoms with E-state index in [0.717, 1.165) is 5.56 Å². The third kappa shape index (κ3) is 6.02. The van der Waals surface area contributed by atoms with E-state index in [1.807, 2.05) is 30.3 Å². The summed E-state index contributed by atoms with van der Waals surface area (Å²) in [6.45, 7) is 7.90. The van der Waals surface area contributed by atoms with Crippen LogP contribution in [0, 0.1) is 13.8 Å². The second-order valence-corrected chi connectivity index (χ2v) is 6.70. The number of aromatic nitrogens is 1. The van der Waals surface area contributed by atoms with E-state index in [0.29, 0.717) is 29.1 Å². The van der Waals surface area contributed by atoms with Crippen molar-refractivity contribution in [2.24, 2.45) is 0 Å². The van der Waals surface area contributed by atoms with Crippen LogP contribution in [0.15, 0.2) is 30.3 Å². The van der Waals surface area contributed by atoms with E-state index in [1.165, 1.54) is 0 Å². The van der Waals surface area contributed by atoms with Crippen molar-refractivity contribution in [3.05, 3.63) is 58.4 Å². The smallest absolute Gasteiger partial charge is 0.340 e. The summed E-state index contributed by atoms with van der Waals surface area (Å²) in [5.41, 5.74) is 2.87. The van der Waals surface area contributed by atoms with Crippen molar-refractivity contribution in [1.29, 1.82) is 0 Å². The van der Waals surface area contributed by atoms with Gasteiger partial charge in [0.15, 0.2) is 5.78 Å². The summed E-state index contributed by atoms with van der Waals surface area (Å²) < 4.78 is 10.1. The zero-order valence-corrected chi connectivity index (χ0v) is 17.4. The van der Waals surface area contributed by atoms with Crippen LogP contribution in [0.5, 0.6) is 0 Å². The van der Waals surface area contributed by atoms with Gasteiger partial charge in [0.2, 0.25) is 0 Å². The number of nitrogens with zero attached hydrogens (tertiary/aromatic N) is 1. The molecule has 0 saturated heterocycles. The maximum Gasteiger partial charge on any atom is 0.340 e. The van der Waals surface area contributed by atoms with Crippen LogP contribution in [0.2, 0.25) is 0 Å². The van der Waals surface area contributed by atoms with Crippen LogP contribution in [0.3, 0.4) is 0 Å². The molecule has 0 aliphatic carbocycles. The second kappa shape index (κ2) is 10.6. The summed E-state index contributed by atoms with van der Waals surface area (Å²) in [6.07, 6.45) is 0. The summed E-state index contributed by atoms with van der Waals surface area (Å²) in [5.74, 6) is -1.05. The lowest BCUT2D eigenvalue weighted by Gasteiger charge is -2.20. The summed E-state index contributed by atoms with van der Waals surface area (Å²) in [7, 11) is 0. The van der Waals surface area contributed by atoms with Gasteiger partial charge in [-0.15, -0.1) is 0 Å². The van der Waals surface area contributed by atoms with E-state index in [2.05, 4.69) is 4.98 Å². The number of Topliss-reactive ketones (excluding diaryl/α,β-unsaturated/α-hetero) is 1. The van der Waals surface area contributed by atoms with Crippen molar-refractivity contribution in [2.75, 3.05) is 26.3 Å². The zero-order chi connectivity index (χ0) is 21.4. The molecule has 7 heteroatoms. The number of hydrogen-bond acceptors (Lipinski definition) is 6. The van der Waals surface area contributed by atoms with Crippen molar-refractivity contribution in [2.45, 2.75) is 34.2 Å². The molecule has 29 heavy (non-hydrogen) atoms. The van der Waals surface area contributed by atoms with Crippen molar-refractivity contribution >= 4 is 17.7 Å². The number of esters is 2. The van der Waals surface area contributed by atoms with E-state index in [-0.39, 0.29) is 38.1 Å². The molecule has 0 atom stereocenters. The predicted octanol–water partition coefficient (Wildman–Crippen LogP) is 3.06. The number of hydrogen-bond donors (Lipinski definition) is 1. The standard InChI is InChI=1S/C22H28N2O5/c1-5-28-19(26)14-24(12-17-10-8-7-9-11-17)13-18(25)21-15(3)20(16(4)23-21)22(27)29-6-2/h7-11,23H,5-6,12-14H2,1-4H3. The molecule has 0 radical (unpaired) electrons. The number of ketones is 1. The minimum Gasteiger partial charge on any atom is -0.465 e. The highest BCUT2D eigenvalue weighted by Crippen LogP contribution is 2.20. The fourth-order valence-corrected chi connectivity index (χ4v) is 3.22. The van der Waals surface area contributed by atoms with Gasteiger partial charge >= 0.3 is 11.9 Å². The third-order valence-electron chi connectivity index (χ3n) is 4.47. The quantitative estimate of drug-likeness (QED) is 0.487. The number of carbonyl (C=O) groups is 3. The van der Waals surface area contributed by atoms with Gasteiger partial charge in [0.1, 0.15) is 0 Å². The van der Waals surface area contributed by atoms with E-state index in [9.17, 15) is 14.4 Å². The Morgan fingerprint density at radius 1 is 0.966 bits per heavy atom. The van der Waals surface area contributed by atoms with Crippen LogP contribution in [0.1, 0.15) is 51.5 Å². The molecule has 0 saturated carbocycles. The molecule has 0 bridgehead atoms. The average molecular weight is 400 g/mol. The molecular formula is C22H28N2O5. The molecule has 7 nitrogen and oxygen atoms in total. The SMILES string of the molecule is CCOC(=O)CN(CC(=O)c1[nH]c(C)c(C(=O)OCC)c1C)Cc1ccccc1. The highest BCUT2D eigenvalue weighted by atomic mass is 16.5. The summed E-state index contributed by atoms with van der Waals surface area (Å²) in [5, 5.41) is 0. The number of aryl methyl sites for hydroxylation is 1. The summed E-state index contributed by atoms with van der Waals surface area (Å²) in [6, 6.07) is 9.59. The maximum atomic E-state index is 13.0. The minimum atomic E-state index is -0.453.